The minimum Gasteiger partial charge on any atom is -0.346 e. The van der Waals surface area contributed by atoms with Gasteiger partial charge in [-0.2, -0.15) is 0 Å². The fraction of sp³-hybridized carbons (Fsp3) is 0.583. The average molecular weight is 247 g/mol. The summed E-state index contributed by atoms with van der Waals surface area (Å²) in [5.41, 5.74) is 1.26. The molecule has 2 heterocycles. The lowest BCUT2D eigenvalue weighted by Crippen LogP contribution is -2.40. The molecule has 0 spiro atoms. The van der Waals surface area contributed by atoms with Crippen LogP contribution in [0.1, 0.15) is 25.3 Å². The molecule has 6 heteroatoms. The molecule has 2 fully saturated rings. The molecule has 1 aromatic rings. The van der Waals surface area contributed by atoms with Gasteiger partial charge >= 0.3 is 0 Å². The molecule has 3 rings (SSSR count). The first-order valence-electron chi connectivity index (χ1n) is 6.39. The summed E-state index contributed by atoms with van der Waals surface area (Å²) in [5.74, 6) is 0.0171. The number of carbonyl (C=O) groups excluding carboxylic acids is 1. The number of hydrogen-bond donors (Lipinski definition) is 2. The van der Waals surface area contributed by atoms with Crippen LogP contribution in [-0.4, -0.2) is 40.0 Å². The lowest BCUT2D eigenvalue weighted by Gasteiger charge is -2.20. The van der Waals surface area contributed by atoms with Gasteiger partial charge in [-0.25, -0.2) is 4.68 Å². The monoisotopic (exact) mass is 247 g/mol. The maximum atomic E-state index is 11.9. The first-order chi connectivity index (χ1) is 8.83. The van der Waals surface area contributed by atoms with Crippen LogP contribution in [0.25, 0.3) is 0 Å². The second-order valence-electron chi connectivity index (χ2n) is 4.88. The van der Waals surface area contributed by atoms with E-state index in [1.54, 1.807) is 17.0 Å². The van der Waals surface area contributed by atoms with Gasteiger partial charge in [-0.3, -0.25) is 4.79 Å². The Bertz CT molecular complexity index is 447. The summed E-state index contributed by atoms with van der Waals surface area (Å²) in [7, 11) is 0. The van der Waals surface area contributed by atoms with Crippen molar-refractivity contribution < 1.29 is 4.79 Å². The van der Waals surface area contributed by atoms with Gasteiger partial charge in [0.25, 0.3) is 0 Å². The van der Waals surface area contributed by atoms with Gasteiger partial charge in [-0.05, 0) is 19.3 Å². The van der Waals surface area contributed by atoms with E-state index in [4.69, 9.17) is 0 Å². The van der Waals surface area contributed by atoms with Gasteiger partial charge in [0.1, 0.15) is 0 Å². The van der Waals surface area contributed by atoms with E-state index in [-0.39, 0.29) is 18.0 Å². The van der Waals surface area contributed by atoms with Crippen LogP contribution in [0.3, 0.4) is 0 Å². The zero-order valence-electron chi connectivity index (χ0n) is 10.2. The van der Waals surface area contributed by atoms with Crippen LogP contribution >= 0.6 is 0 Å². The Morgan fingerprint density at radius 2 is 2.39 bits per heavy atom. The second-order valence-corrected chi connectivity index (χ2v) is 4.88. The van der Waals surface area contributed by atoms with Crippen molar-refractivity contribution in [1.29, 1.82) is 0 Å². The molecule has 18 heavy (non-hydrogen) atoms. The maximum Gasteiger partial charge on any atom is 0.244 e. The number of carbonyl (C=O) groups is 1. The molecule has 2 aliphatic rings. The highest BCUT2D eigenvalue weighted by atomic mass is 16.1. The molecule has 2 atom stereocenters. The highest BCUT2D eigenvalue weighted by Gasteiger charge is 2.30. The summed E-state index contributed by atoms with van der Waals surface area (Å²) in [4.78, 5) is 11.9. The molecule has 6 nitrogen and oxygen atoms in total. The van der Waals surface area contributed by atoms with Crippen LogP contribution in [0.2, 0.25) is 0 Å². The van der Waals surface area contributed by atoms with Gasteiger partial charge in [0.05, 0.1) is 18.3 Å². The number of aromatic nitrogens is 3. The van der Waals surface area contributed by atoms with Crippen molar-refractivity contribution in [1.82, 2.24) is 25.6 Å². The van der Waals surface area contributed by atoms with E-state index < -0.39 is 0 Å². The Morgan fingerprint density at radius 1 is 1.50 bits per heavy atom. The zero-order valence-corrected chi connectivity index (χ0v) is 10.2. The van der Waals surface area contributed by atoms with Crippen LogP contribution in [0.5, 0.6) is 0 Å². The van der Waals surface area contributed by atoms with Crippen molar-refractivity contribution in [2.75, 3.05) is 13.1 Å². The minimum atomic E-state index is 0.0171. The Labute approximate surface area is 105 Å². The van der Waals surface area contributed by atoms with Crippen molar-refractivity contribution in [3.63, 3.8) is 0 Å². The van der Waals surface area contributed by atoms with Crippen LogP contribution < -0.4 is 10.6 Å². The summed E-state index contributed by atoms with van der Waals surface area (Å²) in [6, 6.07) is 0.229. The molecule has 2 N–H and O–H groups in total. The standard InChI is InChI=1S/C12H17N5O/c18-12(6-9-2-1-3-9)15-10-7-13-8-11(10)17-5-4-14-16-17/h4-6,10-11,13H,1-3,7-8H2,(H,15,18)/t10-,11+/m1/s1. The van der Waals surface area contributed by atoms with Crippen molar-refractivity contribution >= 4 is 5.91 Å². The van der Waals surface area contributed by atoms with Crippen LogP contribution in [-0.2, 0) is 4.79 Å². The number of hydrogen-bond acceptors (Lipinski definition) is 4. The summed E-state index contributed by atoms with van der Waals surface area (Å²) in [6.45, 7) is 1.59. The van der Waals surface area contributed by atoms with Gasteiger partial charge in [0.2, 0.25) is 5.91 Å². The van der Waals surface area contributed by atoms with Crippen LogP contribution in [0.15, 0.2) is 24.0 Å². The molecular formula is C12H17N5O. The third kappa shape index (κ3) is 2.28. The number of amides is 1. The fourth-order valence-electron chi connectivity index (χ4n) is 2.42. The third-order valence-electron chi connectivity index (χ3n) is 3.62. The molecular weight excluding hydrogens is 230 g/mol. The minimum absolute atomic E-state index is 0.0171. The number of allylic oxidation sites excluding steroid dienone is 1. The van der Waals surface area contributed by atoms with E-state index in [2.05, 4.69) is 20.9 Å². The molecule has 1 saturated heterocycles. The van der Waals surface area contributed by atoms with E-state index in [0.717, 1.165) is 25.9 Å². The molecule has 1 saturated carbocycles. The number of nitrogens with one attached hydrogen (secondary N) is 2. The first kappa shape index (κ1) is 11.4. The van der Waals surface area contributed by atoms with Gasteiger partial charge in [0, 0.05) is 25.4 Å². The quantitative estimate of drug-likeness (QED) is 0.739. The summed E-state index contributed by atoms with van der Waals surface area (Å²) in [6.07, 6.45) is 8.60. The normalized spacial score (nSPS) is 26.8. The Balaban J connectivity index is 1.63. The molecule has 0 radical (unpaired) electrons. The van der Waals surface area contributed by atoms with Crippen LogP contribution in [0, 0.1) is 0 Å². The van der Waals surface area contributed by atoms with Gasteiger partial charge in [-0.15, -0.1) is 5.10 Å². The first-order valence-corrected chi connectivity index (χ1v) is 6.39. The topological polar surface area (TPSA) is 71.8 Å². The second kappa shape index (κ2) is 4.89. The maximum absolute atomic E-state index is 11.9. The van der Waals surface area contributed by atoms with E-state index in [9.17, 15) is 4.79 Å². The smallest absolute Gasteiger partial charge is 0.244 e. The fourth-order valence-corrected chi connectivity index (χ4v) is 2.42. The van der Waals surface area contributed by atoms with Gasteiger partial charge in [0.15, 0.2) is 0 Å². The number of nitrogens with zero attached hydrogens (tertiary/aromatic N) is 3. The van der Waals surface area contributed by atoms with Crippen molar-refractivity contribution in [2.45, 2.75) is 31.3 Å². The summed E-state index contributed by atoms with van der Waals surface area (Å²) >= 11 is 0. The molecule has 0 aromatic carbocycles. The van der Waals surface area contributed by atoms with E-state index in [1.807, 2.05) is 6.20 Å². The molecule has 0 unspecified atom stereocenters. The predicted molar refractivity (Wildman–Crippen MR) is 65.8 cm³/mol. The lowest BCUT2D eigenvalue weighted by atomic mass is 9.92. The summed E-state index contributed by atoms with van der Waals surface area (Å²) in [5, 5.41) is 14.1. The zero-order chi connectivity index (χ0) is 12.4. The van der Waals surface area contributed by atoms with Gasteiger partial charge in [-0.1, -0.05) is 10.8 Å². The highest BCUT2D eigenvalue weighted by molar-refractivity contribution is 5.88. The van der Waals surface area contributed by atoms with Crippen LogP contribution in [0.4, 0.5) is 0 Å². The van der Waals surface area contributed by atoms with Crippen molar-refractivity contribution in [2.24, 2.45) is 0 Å². The Hall–Kier alpha value is -1.69. The van der Waals surface area contributed by atoms with E-state index >= 15 is 0 Å². The van der Waals surface area contributed by atoms with E-state index in [0.29, 0.717) is 0 Å². The number of rotatable bonds is 3. The van der Waals surface area contributed by atoms with E-state index in [1.165, 1.54) is 12.0 Å². The predicted octanol–water partition coefficient (Wildman–Crippen LogP) is 0.0175. The third-order valence-corrected chi connectivity index (χ3v) is 3.62. The molecule has 1 aliphatic heterocycles. The SMILES string of the molecule is O=C(C=C1CCC1)N[C@@H]1CNC[C@@H]1n1ccnn1. The lowest BCUT2D eigenvalue weighted by molar-refractivity contribution is -0.117. The molecule has 96 valence electrons. The molecule has 0 bridgehead atoms. The Kier molecular flexibility index (Phi) is 3.10. The van der Waals surface area contributed by atoms with Gasteiger partial charge < -0.3 is 10.6 Å². The van der Waals surface area contributed by atoms with Crippen molar-refractivity contribution in [3.05, 3.63) is 24.0 Å². The molecule has 1 amide bonds. The molecule has 1 aliphatic carbocycles. The average Bonchev–Trinajstić information content (AvgIpc) is 2.92. The Morgan fingerprint density at radius 3 is 3.06 bits per heavy atom. The molecule has 1 aromatic heterocycles. The largest absolute Gasteiger partial charge is 0.346 e. The highest BCUT2D eigenvalue weighted by Crippen LogP contribution is 2.24. The summed E-state index contributed by atoms with van der Waals surface area (Å²) < 4.78 is 1.81. The van der Waals surface area contributed by atoms with Crippen molar-refractivity contribution in [3.8, 4) is 0 Å².